The summed E-state index contributed by atoms with van der Waals surface area (Å²) in [4.78, 5) is 0. The van der Waals surface area contributed by atoms with Crippen molar-refractivity contribution in [1.82, 2.24) is 0 Å². The van der Waals surface area contributed by atoms with Gasteiger partial charge in [0.25, 0.3) is 0 Å². The van der Waals surface area contributed by atoms with Gasteiger partial charge < -0.3 is 14.6 Å². The summed E-state index contributed by atoms with van der Waals surface area (Å²) in [7, 11) is 0. The Kier molecular flexibility index (Phi) is 1.60. The third-order valence-corrected chi connectivity index (χ3v) is 7.02. The average Bonchev–Trinajstić information content (AvgIpc) is 2.79. The summed E-state index contributed by atoms with van der Waals surface area (Å²) < 4.78 is 11.6. The first-order chi connectivity index (χ1) is 8.66. The van der Waals surface area contributed by atoms with Gasteiger partial charge in [0.05, 0.1) is 19.0 Å². The van der Waals surface area contributed by atoms with Gasteiger partial charge in [-0.2, -0.15) is 0 Å². The molecule has 3 heteroatoms. The van der Waals surface area contributed by atoms with Crippen molar-refractivity contribution in [2.45, 2.75) is 45.0 Å². The lowest BCUT2D eigenvalue weighted by molar-refractivity contribution is -0.146. The van der Waals surface area contributed by atoms with Gasteiger partial charge in [-0.1, -0.05) is 6.92 Å². The van der Waals surface area contributed by atoms with Crippen LogP contribution in [0.15, 0.2) is 11.8 Å². The molecular formula is C15H20O3. The quantitative estimate of drug-likeness (QED) is 0.713. The van der Waals surface area contributed by atoms with Crippen LogP contribution in [-0.2, 0) is 9.47 Å². The van der Waals surface area contributed by atoms with Crippen LogP contribution in [0.2, 0.25) is 0 Å². The lowest BCUT2D eigenvalue weighted by Crippen LogP contribution is -2.47. The Balaban J connectivity index is 1.79. The van der Waals surface area contributed by atoms with E-state index < -0.39 is 6.29 Å². The van der Waals surface area contributed by atoms with Gasteiger partial charge in [-0.15, -0.1) is 0 Å². The highest BCUT2D eigenvalue weighted by atomic mass is 16.6. The van der Waals surface area contributed by atoms with Crippen LogP contribution >= 0.6 is 0 Å². The molecule has 3 aliphatic carbocycles. The van der Waals surface area contributed by atoms with Crippen molar-refractivity contribution in [1.29, 1.82) is 0 Å². The van der Waals surface area contributed by atoms with Gasteiger partial charge >= 0.3 is 0 Å². The van der Waals surface area contributed by atoms with Crippen molar-refractivity contribution in [2.75, 3.05) is 6.61 Å². The largest absolute Gasteiger partial charge is 0.472 e. The second-order valence-corrected chi connectivity index (χ2v) is 7.32. The van der Waals surface area contributed by atoms with Crippen LogP contribution in [0.25, 0.3) is 0 Å². The molecule has 7 atom stereocenters. The molecule has 4 fully saturated rings. The van der Waals surface area contributed by atoms with E-state index in [1.54, 1.807) is 0 Å². The maximum Gasteiger partial charge on any atom is 0.200 e. The molecule has 5 aliphatic rings. The van der Waals surface area contributed by atoms with Crippen LogP contribution in [0.5, 0.6) is 0 Å². The molecule has 2 aliphatic heterocycles. The van der Waals surface area contributed by atoms with Crippen molar-refractivity contribution in [2.24, 2.45) is 28.6 Å². The summed E-state index contributed by atoms with van der Waals surface area (Å²) >= 11 is 0. The number of rotatable bonds is 0. The third-order valence-electron chi connectivity index (χ3n) is 7.02. The summed E-state index contributed by atoms with van der Waals surface area (Å²) in [5, 5.41) is 10.2. The zero-order valence-electron chi connectivity index (χ0n) is 10.8. The highest BCUT2D eigenvalue weighted by molar-refractivity contribution is 5.35. The summed E-state index contributed by atoms with van der Waals surface area (Å²) in [6, 6.07) is 0. The van der Waals surface area contributed by atoms with Crippen LogP contribution in [0, 0.1) is 28.6 Å². The predicted octanol–water partition coefficient (Wildman–Crippen LogP) is 2.06. The molecule has 1 saturated heterocycles. The van der Waals surface area contributed by atoms with E-state index in [0.717, 1.165) is 18.9 Å². The number of ether oxygens (including phenoxy) is 2. The van der Waals surface area contributed by atoms with Crippen LogP contribution < -0.4 is 0 Å². The maximum absolute atomic E-state index is 10.2. The second-order valence-electron chi connectivity index (χ2n) is 7.32. The smallest absolute Gasteiger partial charge is 0.200 e. The van der Waals surface area contributed by atoms with Crippen LogP contribution in [-0.4, -0.2) is 24.1 Å². The van der Waals surface area contributed by atoms with E-state index in [0.29, 0.717) is 17.3 Å². The Morgan fingerprint density at radius 2 is 2.28 bits per heavy atom. The van der Waals surface area contributed by atoms with E-state index in [1.165, 1.54) is 24.8 Å². The molecule has 0 radical (unpaired) electrons. The van der Waals surface area contributed by atoms with Crippen molar-refractivity contribution >= 4 is 0 Å². The Hall–Kier alpha value is -0.540. The molecule has 0 aromatic carbocycles. The zero-order valence-corrected chi connectivity index (χ0v) is 10.8. The van der Waals surface area contributed by atoms with Crippen molar-refractivity contribution in [3.8, 4) is 0 Å². The number of aliphatic hydroxyl groups excluding tert-OH is 1. The number of hydrogen-bond donors (Lipinski definition) is 1. The molecule has 1 N–H and O–H groups in total. The van der Waals surface area contributed by atoms with E-state index in [4.69, 9.17) is 9.47 Å². The topological polar surface area (TPSA) is 38.7 Å². The van der Waals surface area contributed by atoms with E-state index in [1.807, 2.05) is 6.26 Å². The molecule has 3 saturated carbocycles. The van der Waals surface area contributed by atoms with E-state index in [2.05, 4.69) is 6.92 Å². The highest BCUT2D eigenvalue weighted by Crippen LogP contribution is 2.76. The van der Waals surface area contributed by atoms with Gasteiger partial charge in [0.2, 0.25) is 0 Å². The summed E-state index contributed by atoms with van der Waals surface area (Å²) in [6.07, 6.45) is 6.35. The van der Waals surface area contributed by atoms with Crippen molar-refractivity contribution < 1.29 is 14.6 Å². The molecule has 5 rings (SSSR count). The molecule has 3 bridgehead atoms. The normalized spacial score (nSPS) is 63.4. The number of hydrogen-bond acceptors (Lipinski definition) is 3. The molecule has 18 heavy (non-hydrogen) atoms. The van der Waals surface area contributed by atoms with Crippen LogP contribution in [0.4, 0.5) is 0 Å². The zero-order chi connectivity index (χ0) is 12.1. The van der Waals surface area contributed by atoms with Gasteiger partial charge in [-0.05, 0) is 42.9 Å². The van der Waals surface area contributed by atoms with E-state index in [-0.39, 0.29) is 11.5 Å². The first kappa shape index (κ1) is 10.3. The SMILES string of the molecule is C[C@@]12CO[C@H]3C[C@@H]1C[C@@]14C3=CO[C@@H](O)[C@@H]1CC[C@@H]24. The van der Waals surface area contributed by atoms with Gasteiger partial charge in [0.1, 0.15) is 0 Å². The van der Waals surface area contributed by atoms with Crippen molar-refractivity contribution in [3.63, 3.8) is 0 Å². The highest BCUT2D eigenvalue weighted by Gasteiger charge is 2.73. The lowest BCUT2D eigenvalue weighted by atomic mass is 9.62. The van der Waals surface area contributed by atoms with Gasteiger partial charge in [-0.25, -0.2) is 0 Å². The van der Waals surface area contributed by atoms with Gasteiger partial charge in [-0.3, -0.25) is 0 Å². The fourth-order valence-electron chi connectivity index (χ4n) is 6.30. The minimum Gasteiger partial charge on any atom is -0.472 e. The Morgan fingerprint density at radius 3 is 3.17 bits per heavy atom. The fraction of sp³-hybridized carbons (Fsp3) is 0.867. The summed E-state index contributed by atoms with van der Waals surface area (Å²) in [6.45, 7) is 3.34. The monoisotopic (exact) mass is 248 g/mol. The van der Waals surface area contributed by atoms with Gasteiger partial charge in [0, 0.05) is 16.9 Å². The minimum absolute atomic E-state index is 0.219. The molecule has 0 aromatic rings. The van der Waals surface area contributed by atoms with Gasteiger partial charge in [0.15, 0.2) is 6.29 Å². The third kappa shape index (κ3) is 0.829. The van der Waals surface area contributed by atoms with Crippen LogP contribution in [0.3, 0.4) is 0 Å². The molecule has 98 valence electrons. The van der Waals surface area contributed by atoms with E-state index in [9.17, 15) is 5.11 Å². The lowest BCUT2D eigenvalue weighted by Gasteiger charge is -2.48. The number of fused-ring (bicyclic) bond motifs is 3. The van der Waals surface area contributed by atoms with Crippen molar-refractivity contribution in [3.05, 3.63) is 11.8 Å². The molecule has 0 amide bonds. The summed E-state index contributed by atoms with van der Waals surface area (Å²) in [5.41, 5.74) is 1.95. The standard InChI is InChI=1S/C15H20O3/c1-14-7-18-11-4-8(14)5-15-9(2-3-12(14)15)13(16)17-6-10(11)15/h6,8-9,11-13,16H,2-5,7H2,1H3/t8-,9+,11+,12+,13-,14-,15+/m1/s1. The van der Waals surface area contributed by atoms with Crippen LogP contribution in [0.1, 0.15) is 32.6 Å². The molecule has 0 aromatic heterocycles. The molecule has 1 spiro atoms. The second kappa shape index (κ2) is 2.80. The Morgan fingerprint density at radius 1 is 1.39 bits per heavy atom. The fourth-order valence-corrected chi connectivity index (χ4v) is 6.30. The Labute approximate surface area is 107 Å². The molecule has 0 unspecified atom stereocenters. The summed E-state index contributed by atoms with van der Waals surface area (Å²) in [5.74, 6) is 1.82. The maximum atomic E-state index is 10.2. The average molecular weight is 248 g/mol. The van der Waals surface area contributed by atoms with E-state index >= 15 is 0 Å². The molecule has 2 heterocycles. The Bertz CT molecular complexity index is 459. The first-order valence-corrected chi connectivity index (χ1v) is 7.32. The molecular weight excluding hydrogens is 228 g/mol. The first-order valence-electron chi connectivity index (χ1n) is 7.32. The number of aliphatic hydroxyl groups is 1. The predicted molar refractivity (Wildman–Crippen MR) is 64.4 cm³/mol. The molecule has 3 nitrogen and oxygen atoms in total. The minimum atomic E-state index is -0.585.